The lowest BCUT2D eigenvalue weighted by Gasteiger charge is -2.01. The topological polar surface area (TPSA) is 59.5 Å². The van der Waals surface area contributed by atoms with Crippen LogP contribution in [0.25, 0.3) is 11.0 Å². The smallest absolute Gasteiger partial charge is 0.234 e. The molecule has 2 aromatic heterocycles. The Morgan fingerprint density at radius 3 is 3.33 bits per heavy atom. The molecule has 2 aromatic rings. The number of H-pyrrole nitrogens is 1. The van der Waals surface area contributed by atoms with E-state index in [1.165, 1.54) is 0 Å². The van der Waals surface area contributed by atoms with Crippen molar-refractivity contribution in [1.29, 1.82) is 0 Å². The predicted octanol–water partition coefficient (Wildman–Crippen LogP) is 1.68. The number of hydrogen-bond donors (Lipinski definition) is 1. The number of rotatable bonds is 1. The Morgan fingerprint density at radius 1 is 1.47 bits per heavy atom. The van der Waals surface area contributed by atoms with Crippen molar-refractivity contribution < 1.29 is 9.57 Å². The van der Waals surface area contributed by atoms with Crippen molar-refractivity contribution in [2.75, 3.05) is 6.61 Å². The molecule has 0 unspecified atom stereocenters. The van der Waals surface area contributed by atoms with Gasteiger partial charge in [0.05, 0.1) is 12.6 Å². The van der Waals surface area contributed by atoms with E-state index < -0.39 is 0 Å². The summed E-state index contributed by atoms with van der Waals surface area (Å²) in [5.41, 5.74) is 0.854. The highest BCUT2D eigenvalue weighted by atomic mass is 16.7. The van der Waals surface area contributed by atoms with E-state index in [2.05, 4.69) is 15.1 Å². The van der Waals surface area contributed by atoms with Crippen molar-refractivity contribution in [2.24, 2.45) is 5.16 Å². The molecule has 3 heterocycles. The van der Waals surface area contributed by atoms with Gasteiger partial charge in [0.2, 0.25) is 5.90 Å². The molecule has 5 nitrogen and oxygen atoms in total. The fraction of sp³-hybridized carbons (Fsp3) is 0.200. The van der Waals surface area contributed by atoms with E-state index in [1.54, 1.807) is 6.20 Å². The van der Waals surface area contributed by atoms with Crippen LogP contribution in [0.2, 0.25) is 0 Å². The zero-order valence-corrected chi connectivity index (χ0v) is 7.93. The monoisotopic (exact) mass is 203 g/mol. The van der Waals surface area contributed by atoms with Crippen molar-refractivity contribution in [2.45, 2.75) is 6.42 Å². The Labute approximate surface area is 85.7 Å². The fourth-order valence-corrected chi connectivity index (χ4v) is 1.48. The van der Waals surface area contributed by atoms with Crippen LogP contribution in [-0.2, 0) is 4.84 Å². The van der Waals surface area contributed by atoms with E-state index in [4.69, 9.17) is 9.57 Å². The summed E-state index contributed by atoms with van der Waals surface area (Å²) in [7, 11) is 0. The van der Waals surface area contributed by atoms with E-state index >= 15 is 0 Å². The first kappa shape index (κ1) is 8.28. The van der Waals surface area contributed by atoms with Gasteiger partial charge < -0.3 is 14.6 Å². The Balaban J connectivity index is 1.90. The molecule has 0 radical (unpaired) electrons. The number of nitrogens with zero attached hydrogens (tertiary/aromatic N) is 2. The van der Waals surface area contributed by atoms with Gasteiger partial charge in [0, 0.05) is 11.6 Å². The van der Waals surface area contributed by atoms with Crippen LogP contribution in [0.5, 0.6) is 5.75 Å². The molecule has 3 rings (SSSR count). The maximum atomic E-state index is 5.50. The molecule has 0 fully saturated rings. The van der Waals surface area contributed by atoms with Gasteiger partial charge in [-0.05, 0) is 12.1 Å². The molecular formula is C10H9N3O2. The van der Waals surface area contributed by atoms with Crippen LogP contribution < -0.4 is 4.74 Å². The quantitative estimate of drug-likeness (QED) is 0.767. The van der Waals surface area contributed by atoms with Gasteiger partial charge >= 0.3 is 0 Å². The van der Waals surface area contributed by atoms with Crippen LogP contribution in [0.3, 0.4) is 0 Å². The minimum Gasteiger partial charge on any atom is -0.438 e. The number of aromatic nitrogens is 2. The molecule has 15 heavy (non-hydrogen) atoms. The van der Waals surface area contributed by atoms with Crippen molar-refractivity contribution in [3.8, 4) is 5.75 Å². The first-order chi connectivity index (χ1) is 7.42. The summed E-state index contributed by atoms with van der Waals surface area (Å²) in [5.74, 6) is 1.29. The summed E-state index contributed by atoms with van der Waals surface area (Å²) >= 11 is 0. The molecular weight excluding hydrogens is 194 g/mol. The zero-order chi connectivity index (χ0) is 10.1. The van der Waals surface area contributed by atoms with E-state index in [1.807, 2.05) is 18.3 Å². The van der Waals surface area contributed by atoms with Crippen LogP contribution in [0.1, 0.15) is 6.42 Å². The van der Waals surface area contributed by atoms with Gasteiger partial charge in [-0.25, -0.2) is 4.98 Å². The molecule has 0 aromatic carbocycles. The van der Waals surface area contributed by atoms with E-state index in [9.17, 15) is 0 Å². The Morgan fingerprint density at radius 2 is 2.47 bits per heavy atom. The summed E-state index contributed by atoms with van der Waals surface area (Å²) in [4.78, 5) is 12.1. The number of nitrogens with one attached hydrogen (secondary N) is 1. The van der Waals surface area contributed by atoms with Crippen molar-refractivity contribution in [3.05, 3.63) is 24.5 Å². The van der Waals surface area contributed by atoms with Crippen LogP contribution in [-0.4, -0.2) is 22.5 Å². The third-order valence-electron chi connectivity index (χ3n) is 2.18. The molecule has 0 amide bonds. The van der Waals surface area contributed by atoms with Gasteiger partial charge in [-0.15, -0.1) is 0 Å². The molecule has 5 heteroatoms. The average molecular weight is 203 g/mol. The van der Waals surface area contributed by atoms with E-state index in [-0.39, 0.29) is 0 Å². The number of aromatic amines is 1. The van der Waals surface area contributed by atoms with Gasteiger partial charge in [0.15, 0.2) is 0 Å². The SMILES string of the molecule is c1cc2cc(OC3=NOCC3)cnc2[nH]1. The molecule has 0 aliphatic carbocycles. The van der Waals surface area contributed by atoms with Crippen molar-refractivity contribution in [3.63, 3.8) is 0 Å². The molecule has 1 N–H and O–H groups in total. The summed E-state index contributed by atoms with van der Waals surface area (Å²) in [6.07, 6.45) is 4.22. The lowest BCUT2D eigenvalue weighted by atomic mass is 10.3. The van der Waals surface area contributed by atoms with Crippen LogP contribution >= 0.6 is 0 Å². The Hall–Kier alpha value is -2.04. The average Bonchev–Trinajstić information content (AvgIpc) is 2.87. The third kappa shape index (κ3) is 1.52. The highest BCUT2D eigenvalue weighted by molar-refractivity contribution is 5.81. The standard InChI is InChI=1S/C10H9N3O2/c1-3-11-10-7(1)5-8(6-12-10)15-9-2-4-14-13-9/h1,3,5-6H,2,4H2,(H,11,12). The summed E-state index contributed by atoms with van der Waals surface area (Å²) < 4.78 is 5.50. The van der Waals surface area contributed by atoms with E-state index in [0.29, 0.717) is 24.7 Å². The Kier molecular flexibility index (Phi) is 1.81. The second kappa shape index (κ2) is 3.27. The molecule has 76 valence electrons. The number of ether oxygens (including phenoxy) is 1. The minimum absolute atomic E-state index is 0.592. The van der Waals surface area contributed by atoms with E-state index in [0.717, 1.165) is 11.0 Å². The first-order valence-electron chi connectivity index (χ1n) is 4.72. The van der Waals surface area contributed by atoms with Gasteiger partial charge in [0.25, 0.3) is 0 Å². The van der Waals surface area contributed by atoms with Crippen LogP contribution in [0.15, 0.2) is 29.7 Å². The maximum absolute atomic E-state index is 5.50. The number of pyridine rings is 1. The summed E-state index contributed by atoms with van der Waals surface area (Å²) in [6.45, 7) is 0.592. The molecule has 0 saturated carbocycles. The number of fused-ring (bicyclic) bond motifs is 1. The lowest BCUT2D eigenvalue weighted by molar-refractivity contribution is 0.173. The van der Waals surface area contributed by atoms with Gasteiger partial charge in [-0.3, -0.25) is 0 Å². The highest BCUT2D eigenvalue weighted by Crippen LogP contribution is 2.18. The molecule has 1 aliphatic heterocycles. The zero-order valence-electron chi connectivity index (χ0n) is 7.93. The van der Waals surface area contributed by atoms with Crippen LogP contribution in [0.4, 0.5) is 0 Å². The molecule has 0 saturated heterocycles. The van der Waals surface area contributed by atoms with Gasteiger partial charge in [-0.2, -0.15) is 0 Å². The lowest BCUT2D eigenvalue weighted by Crippen LogP contribution is -2.05. The Bertz CT molecular complexity index is 518. The third-order valence-corrected chi connectivity index (χ3v) is 2.18. The molecule has 0 spiro atoms. The second-order valence-corrected chi connectivity index (χ2v) is 3.26. The maximum Gasteiger partial charge on any atom is 0.234 e. The first-order valence-corrected chi connectivity index (χ1v) is 4.72. The predicted molar refractivity (Wildman–Crippen MR) is 54.7 cm³/mol. The summed E-state index contributed by atoms with van der Waals surface area (Å²) in [5, 5.41) is 4.78. The minimum atomic E-state index is 0.592. The van der Waals surface area contributed by atoms with Crippen molar-refractivity contribution in [1.82, 2.24) is 9.97 Å². The fourth-order valence-electron chi connectivity index (χ4n) is 1.48. The molecule has 1 aliphatic rings. The number of oxime groups is 1. The second-order valence-electron chi connectivity index (χ2n) is 3.26. The highest BCUT2D eigenvalue weighted by Gasteiger charge is 2.10. The normalized spacial score (nSPS) is 15.1. The van der Waals surface area contributed by atoms with Crippen LogP contribution in [0, 0.1) is 0 Å². The molecule has 0 atom stereocenters. The van der Waals surface area contributed by atoms with Gasteiger partial charge in [0.1, 0.15) is 18.0 Å². The largest absolute Gasteiger partial charge is 0.438 e. The molecule has 0 bridgehead atoms. The summed E-state index contributed by atoms with van der Waals surface area (Å²) in [6, 6.07) is 3.86. The number of hydrogen-bond acceptors (Lipinski definition) is 4. The van der Waals surface area contributed by atoms with Gasteiger partial charge in [-0.1, -0.05) is 5.16 Å². The van der Waals surface area contributed by atoms with Crippen molar-refractivity contribution >= 4 is 16.9 Å².